The van der Waals surface area contributed by atoms with Crippen molar-refractivity contribution < 1.29 is 9.84 Å². The molecule has 1 atom stereocenters. The molecule has 8 heteroatoms. The lowest BCUT2D eigenvalue weighted by Gasteiger charge is -2.31. The van der Waals surface area contributed by atoms with Crippen LogP contribution in [-0.2, 0) is 17.7 Å². The van der Waals surface area contributed by atoms with Crippen LogP contribution in [0.2, 0.25) is 0 Å². The maximum Gasteiger partial charge on any atom is 0.267 e. The summed E-state index contributed by atoms with van der Waals surface area (Å²) in [5.41, 5.74) is 3.17. The second-order valence-corrected chi connectivity index (χ2v) is 8.97. The van der Waals surface area contributed by atoms with E-state index < -0.39 is 6.23 Å². The van der Waals surface area contributed by atoms with Crippen molar-refractivity contribution in [2.75, 3.05) is 47.5 Å². The Labute approximate surface area is 188 Å². The summed E-state index contributed by atoms with van der Waals surface area (Å²) in [7, 11) is 0. The van der Waals surface area contributed by atoms with Crippen LogP contribution in [-0.4, -0.2) is 53.9 Å². The van der Waals surface area contributed by atoms with E-state index in [-0.39, 0.29) is 12.1 Å². The zero-order chi connectivity index (χ0) is 22.1. The van der Waals surface area contributed by atoms with Gasteiger partial charge in [0.25, 0.3) is 5.56 Å². The number of aliphatic hydroxyl groups excluding tert-OH is 1. The third kappa shape index (κ3) is 4.19. The van der Waals surface area contributed by atoms with E-state index in [4.69, 9.17) is 4.74 Å². The fourth-order valence-corrected chi connectivity index (χ4v) is 4.76. The van der Waals surface area contributed by atoms with E-state index in [1.165, 1.54) is 10.2 Å². The molecule has 3 aliphatic heterocycles. The SMILES string of the molecule is CC1CCN(c2ccc(=O)n(CC(O)N3CCc4cc(N5C=COCC5)ccc43)n2)CC1. The van der Waals surface area contributed by atoms with Gasteiger partial charge in [0.05, 0.1) is 19.4 Å². The molecule has 32 heavy (non-hydrogen) atoms. The summed E-state index contributed by atoms with van der Waals surface area (Å²) in [6.45, 7) is 6.54. The Hall–Kier alpha value is -3.00. The van der Waals surface area contributed by atoms with E-state index in [0.29, 0.717) is 6.61 Å². The van der Waals surface area contributed by atoms with Crippen LogP contribution < -0.4 is 20.3 Å². The number of nitrogens with zero attached hydrogens (tertiary/aromatic N) is 5. The van der Waals surface area contributed by atoms with Crippen LogP contribution in [0.25, 0.3) is 0 Å². The molecular formula is C24H31N5O3. The molecule has 4 heterocycles. The molecule has 1 aromatic carbocycles. The zero-order valence-electron chi connectivity index (χ0n) is 18.6. The Balaban J connectivity index is 1.30. The van der Waals surface area contributed by atoms with Crippen LogP contribution in [0.5, 0.6) is 0 Å². The molecule has 0 saturated carbocycles. The highest BCUT2D eigenvalue weighted by Crippen LogP contribution is 2.33. The predicted molar refractivity (Wildman–Crippen MR) is 125 cm³/mol. The molecule has 1 aromatic heterocycles. The van der Waals surface area contributed by atoms with Crippen molar-refractivity contribution in [1.29, 1.82) is 0 Å². The van der Waals surface area contributed by atoms with Crippen LogP contribution in [0.1, 0.15) is 25.3 Å². The van der Waals surface area contributed by atoms with Crippen LogP contribution in [0.3, 0.4) is 0 Å². The molecule has 2 aromatic rings. The quantitative estimate of drug-likeness (QED) is 0.768. The Morgan fingerprint density at radius 2 is 2.00 bits per heavy atom. The van der Waals surface area contributed by atoms with Crippen molar-refractivity contribution in [3.8, 4) is 0 Å². The smallest absolute Gasteiger partial charge is 0.267 e. The van der Waals surface area contributed by atoms with Gasteiger partial charge >= 0.3 is 0 Å². The van der Waals surface area contributed by atoms with Crippen molar-refractivity contribution in [2.24, 2.45) is 5.92 Å². The van der Waals surface area contributed by atoms with E-state index in [0.717, 1.165) is 68.6 Å². The Bertz CT molecular complexity index is 1040. The van der Waals surface area contributed by atoms with Gasteiger partial charge in [-0.2, -0.15) is 5.10 Å². The lowest BCUT2D eigenvalue weighted by Crippen LogP contribution is -2.41. The van der Waals surface area contributed by atoms with Crippen molar-refractivity contribution in [1.82, 2.24) is 9.78 Å². The number of aliphatic hydroxyl groups is 1. The molecule has 1 unspecified atom stereocenters. The van der Waals surface area contributed by atoms with E-state index in [2.05, 4.69) is 40.0 Å². The first-order valence-electron chi connectivity index (χ1n) is 11.5. The second kappa shape index (κ2) is 8.86. The van der Waals surface area contributed by atoms with Gasteiger partial charge < -0.3 is 24.5 Å². The Morgan fingerprint density at radius 3 is 2.78 bits per heavy atom. The summed E-state index contributed by atoms with van der Waals surface area (Å²) in [5.74, 6) is 1.54. The fraction of sp³-hybridized carbons (Fsp3) is 0.500. The van der Waals surface area contributed by atoms with Crippen molar-refractivity contribution >= 4 is 17.2 Å². The minimum absolute atomic E-state index is 0.143. The van der Waals surface area contributed by atoms with Gasteiger partial charge in [0.15, 0.2) is 0 Å². The second-order valence-electron chi connectivity index (χ2n) is 8.97. The van der Waals surface area contributed by atoms with E-state index in [1.54, 1.807) is 18.4 Å². The lowest BCUT2D eigenvalue weighted by molar-refractivity contribution is 0.144. The number of ether oxygens (including phenoxy) is 1. The zero-order valence-corrected chi connectivity index (χ0v) is 18.6. The van der Waals surface area contributed by atoms with Crippen LogP contribution in [0, 0.1) is 5.92 Å². The van der Waals surface area contributed by atoms with Gasteiger partial charge in [-0.15, -0.1) is 0 Å². The molecule has 5 rings (SSSR count). The third-order valence-electron chi connectivity index (χ3n) is 6.77. The van der Waals surface area contributed by atoms with E-state index >= 15 is 0 Å². The van der Waals surface area contributed by atoms with Gasteiger partial charge in [0.1, 0.15) is 18.7 Å². The summed E-state index contributed by atoms with van der Waals surface area (Å²) in [5, 5.41) is 15.6. The molecule has 3 aliphatic rings. The Morgan fingerprint density at radius 1 is 1.16 bits per heavy atom. The Kier molecular flexibility index (Phi) is 5.78. The minimum atomic E-state index is -0.813. The molecule has 1 N–H and O–H groups in total. The molecule has 1 saturated heterocycles. The highest BCUT2D eigenvalue weighted by Gasteiger charge is 2.27. The van der Waals surface area contributed by atoms with Crippen molar-refractivity contribution in [3.63, 3.8) is 0 Å². The van der Waals surface area contributed by atoms with Crippen molar-refractivity contribution in [2.45, 2.75) is 39.0 Å². The topological polar surface area (TPSA) is 74.1 Å². The molecule has 1 fully saturated rings. The average Bonchev–Trinajstić information content (AvgIpc) is 3.25. The normalized spacial score (nSPS) is 19.8. The summed E-state index contributed by atoms with van der Waals surface area (Å²) in [6, 6.07) is 9.68. The first kappa shape index (κ1) is 20.9. The monoisotopic (exact) mass is 437 g/mol. The molecule has 0 radical (unpaired) electrons. The van der Waals surface area contributed by atoms with Gasteiger partial charge in [-0.1, -0.05) is 6.92 Å². The summed E-state index contributed by atoms with van der Waals surface area (Å²) in [6.07, 6.45) is 5.98. The molecule has 0 spiro atoms. The van der Waals surface area contributed by atoms with Gasteiger partial charge in [-0.05, 0) is 55.0 Å². The van der Waals surface area contributed by atoms with Gasteiger partial charge in [0, 0.05) is 43.3 Å². The first-order valence-corrected chi connectivity index (χ1v) is 11.5. The van der Waals surface area contributed by atoms with Crippen molar-refractivity contribution in [3.05, 3.63) is 58.7 Å². The molecule has 170 valence electrons. The summed E-state index contributed by atoms with van der Waals surface area (Å²) >= 11 is 0. The minimum Gasteiger partial charge on any atom is -0.498 e. The number of aromatic nitrogens is 2. The number of rotatable bonds is 5. The van der Waals surface area contributed by atoms with Gasteiger partial charge in [-0.25, -0.2) is 4.68 Å². The highest BCUT2D eigenvalue weighted by molar-refractivity contribution is 5.65. The summed E-state index contributed by atoms with van der Waals surface area (Å²) < 4.78 is 6.69. The standard InChI is InChI=1S/C24H31N5O3/c1-18-6-9-27(10-7-18)22-4-5-23(30)29(25-22)17-24(31)28-11-8-19-16-20(2-3-21(19)28)26-12-14-32-15-13-26/h2-5,12,14,16,18,24,31H,6-11,13,15,17H2,1H3. The van der Waals surface area contributed by atoms with Crippen LogP contribution >= 0.6 is 0 Å². The summed E-state index contributed by atoms with van der Waals surface area (Å²) in [4.78, 5) is 18.8. The maximum absolute atomic E-state index is 12.5. The number of anilines is 3. The first-order chi connectivity index (χ1) is 15.6. The molecular weight excluding hydrogens is 406 g/mol. The lowest BCUT2D eigenvalue weighted by atomic mass is 9.99. The number of piperidine rings is 1. The average molecular weight is 438 g/mol. The van der Waals surface area contributed by atoms with E-state index in [9.17, 15) is 9.90 Å². The molecule has 8 nitrogen and oxygen atoms in total. The van der Waals surface area contributed by atoms with Gasteiger partial charge in [0.2, 0.25) is 0 Å². The maximum atomic E-state index is 12.5. The number of hydrogen-bond acceptors (Lipinski definition) is 7. The largest absolute Gasteiger partial charge is 0.498 e. The van der Waals surface area contributed by atoms with Crippen LogP contribution in [0.15, 0.2) is 47.6 Å². The number of benzene rings is 1. The molecule has 0 aliphatic carbocycles. The van der Waals surface area contributed by atoms with Crippen LogP contribution in [0.4, 0.5) is 17.2 Å². The predicted octanol–water partition coefficient (Wildman–Crippen LogP) is 2.17. The third-order valence-corrected chi connectivity index (χ3v) is 6.77. The molecule has 0 amide bonds. The number of hydrogen-bond donors (Lipinski definition) is 1. The fourth-order valence-electron chi connectivity index (χ4n) is 4.76. The highest BCUT2D eigenvalue weighted by atomic mass is 16.5. The van der Waals surface area contributed by atoms with E-state index in [1.807, 2.05) is 11.1 Å². The molecule has 0 bridgehead atoms. The van der Waals surface area contributed by atoms with Gasteiger partial charge in [-0.3, -0.25) is 4.79 Å². The number of fused-ring (bicyclic) bond motifs is 1.